The molecular weight excluding hydrogens is 452 g/mol. The lowest BCUT2D eigenvalue weighted by molar-refractivity contribution is -0.150. The summed E-state index contributed by atoms with van der Waals surface area (Å²) in [4.78, 5) is 26.1. The van der Waals surface area contributed by atoms with E-state index in [1.165, 1.54) is 12.1 Å². The standard InChI is InChI=1S/C28H37F2NO4/c1-3-5-6-7-8-16-31(27(32)19-23-13-14-24(29)20-25(23)30)17-15-21-9-11-22(12-10-21)18-26(28(33)34)35-4-2/h9-14,20,26H,3-8,15-19H2,1-2H3,(H,33,34). The van der Waals surface area contributed by atoms with Crippen molar-refractivity contribution in [3.63, 3.8) is 0 Å². The number of hydrogen-bond acceptors (Lipinski definition) is 3. The van der Waals surface area contributed by atoms with Gasteiger partial charge in [0.05, 0.1) is 6.42 Å². The van der Waals surface area contributed by atoms with E-state index in [2.05, 4.69) is 6.92 Å². The van der Waals surface area contributed by atoms with Crippen LogP contribution in [-0.4, -0.2) is 47.7 Å². The monoisotopic (exact) mass is 489 g/mol. The quantitative estimate of drug-likeness (QED) is 0.313. The van der Waals surface area contributed by atoms with Gasteiger partial charge in [0.1, 0.15) is 11.6 Å². The van der Waals surface area contributed by atoms with Gasteiger partial charge in [-0.15, -0.1) is 0 Å². The molecule has 0 aliphatic rings. The molecule has 0 spiro atoms. The van der Waals surface area contributed by atoms with Crippen molar-refractivity contribution in [1.29, 1.82) is 0 Å². The smallest absolute Gasteiger partial charge is 0.333 e. The summed E-state index contributed by atoms with van der Waals surface area (Å²) in [5, 5.41) is 9.27. The van der Waals surface area contributed by atoms with Crippen LogP contribution in [0.25, 0.3) is 0 Å². The molecule has 5 nitrogen and oxygen atoms in total. The average molecular weight is 490 g/mol. The van der Waals surface area contributed by atoms with E-state index in [9.17, 15) is 23.5 Å². The van der Waals surface area contributed by atoms with Crippen LogP contribution >= 0.6 is 0 Å². The fourth-order valence-corrected chi connectivity index (χ4v) is 3.95. The van der Waals surface area contributed by atoms with E-state index < -0.39 is 23.7 Å². The fourth-order valence-electron chi connectivity index (χ4n) is 3.95. The van der Waals surface area contributed by atoms with Crippen molar-refractivity contribution in [2.75, 3.05) is 19.7 Å². The van der Waals surface area contributed by atoms with Gasteiger partial charge in [-0.1, -0.05) is 62.9 Å². The lowest BCUT2D eigenvalue weighted by Crippen LogP contribution is -2.35. The molecule has 35 heavy (non-hydrogen) atoms. The summed E-state index contributed by atoms with van der Waals surface area (Å²) in [6.45, 7) is 5.33. The average Bonchev–Trinajstić information content (AvgIpc) is 2.83. The summed E-state index contributed by atoms with van der Waals surface area (Å²) >= 11 is 0. The summed E-state index contributed by atoms with van der Waals surface area (Å²) in [5.74, 6) is -2.53. The van der Waals surface area contributed by atoms with Gasteiger partial charge >= 0.3 is 5.97 Å². The topological polar surface area (TPSA) is 66.8 Å². The van der Waals surface area contributed by atoms with Gasteiger partial charge < -0.3 is 14.7 Å². The Morgan fingerprint density at radius 1 is 0.943 bits per heavy atom. The number of carbonyl (C=O) groups is 2. The van der Waals surface area contributed by atoms with Gasteiger partial charge in [-0.25, -0.2) is 13.6 Å². The summed E-state index contributed by atoms with van der Waals surface area (Å²) in [7, 11) is 0. The van der Waals surface area contributed by atoms with Gasteiger partial charge in [0.25, 0.3) is 0 Å². The third-order valence-electron chi connectivity index (χ3n) is 6.00. The van der Waals surface area contributed by atoms with Crippen molar-refractivity contribution in [2.45, 2.75) is 71.3 Å². The second kappa shape index (κ2) is 15.2. The van der Waals surface area contributed by atoms with E-state index in [0.29, 0.717) is 26.1 Å². The van der Waals surface area contributed by atoms with Crippen molar-refractivity contribution in [3.8, 4) is 0 Å². The zero-order valence-corrected chi connectivity index (χ0v) is 20.8. The Morgan fingerprint density at radius 3 is 2.26 bits per heavy atom. The molecule has 0 heterocycles. The van der Waals surface area contributed by atoms with E-state index in [-0.39, 0.29) is 24.3 Å². The van der Waals surface area contributed by atoms with Crippen LogP contribution in [0.4, 0.5) is 8.78 Å². The Bertz CT molecular complexity index is 933. The van der Waals surface area contributed by atoms with Crippen LogP contribution in [0.5, 0.6) is 0 Å². The lowest BCUT2D eigenvalue weighted by Gasteiger charge is -2.23. The highest BCUT2D eigenvalue weighted by atomic mass is 19.1. The fraction of sp³-hybridized carbons (Fsp3) is 0.500. The van der Waals surface area contributed by atoms with Gasteiger partial charge in [-0.05, 0) is 42.5 Å². The van der Waals surface area contributed by atoms with Gasteiger partial charge in [-0.2, -0.15) is 0 Å². The summed E-state index contributed by atoms with van der Waals surface area (Å²) < 4.78 is 32.6. The van der Waals surface area contributed by atoms with E-state index in [1.54, 1.807) is 11.8 Å². The summed E-state index contributed by atoms with van der Waals surface area (Å²) in [5.41, 5.74) is 2.08. The molecule has 0 saturated heterocycles. The molecular formula is C28H37F2NO4. The second-order valence-corrected chi connectivity index (χ2v) is 8.76. The second-order valence-electron chi connectivity index (χ2n) is 8.76. The Balaban J connectivity index is 2.00. The minimum absolute atomic E-state index is 0.103. The number of rotatable bonds is 16. The molecule has 0 bridgehead atoms. The Kier molecular flexibility index (Phi) is 12.4. The largest absolute Gasteiger partial charge is 0.479 e. The van der Waals surface area contributed by atoms with Crippen molar-refractivity contribution >= 4 is 11.9 Å². The lowest BCUT2D eigenvalue weighted by atomic mass is 10.0. The number of halogens is 2. The van der Waals surface area contributed by atoms with Crippen LogP contribution in [0.2, 0.25) is 0 Å². The Labute approximate surface area is 207 Å². The minimum atomic E-state index is -0.985. The first kappa shape index (κ1) is 28.4. The van der Waals surface area contributed by atoms with Gasteiger partial charge in [-0.3, -0.25) is 4.79 Å². The number of carbonyl (C=O) groups excluding carboxylic acids is 1. The molecule has 0 saturated carbocycles. The molecule has 192 valence electrons. The van der Waals surface area contributed by atoms with Gasteiger partial charge in [0.2, 0.25) is 5.91 Å². The number of unbranched alkanes of at least 4 members (excludes halogenated alkanes) is 4. The number of amides is 1. The SMILES string of the molecule is CCCCCCCN(CCc1ccc(CC(OCC)C(=O)O)cc1)C(=O)Cc1ccc(F)cc1F. The zero-order valence-electron chi connectivity index (χ0n) is 20.8. The van der Waals surface area contributed by atoms with Crippen molar-refractivity contribution in [2.24, 2.45) is 0 Å². The molecule has 0 radical (unpaired) electrons. The normalized spacial score (nSPS) is 11.9. The summed E-state index contributed by atoms with van der Waals surface area (Å²) in [6.07, 6.45) is 5.26. The molecule has 1 unspecified atom stereocenters. The van der Waals surface area contributed by atoms with Gasteiger partial charge in [0.15, 0.2) is 6.10 Å². The van der Waals surface area contributed by atoms with Gasteiger partial charge in [0, 0.05) is 32.2 Å². The Morgan fingerprint density at radius 2 is 1.63 bits per heavy atom. The van der Waals surface area contributed by atoms with Crippen LogP contribution in [0, 0.1) is 11.6 Å². The first-order chi connectivity index (χ1) is 16.8. The number of nitrogens with zero attached hydrogens (tertiary/aromatic N) is 1. The number of aliphatic carboxylic acids is 1. The van der Waals surface area contributed by atoms with Crippen molar-refractivity contribution in [1.82, 2.24) is 4.90 Å². The van der Waals surface area contributed by atoms with Crippen LogP contribution in [0.15, 0.2) is 42.5 Å². The highest BCUT2D eigenvalue weighted by Crippen LogP contribution is 2.14. The number of ether oxygens (including phenoxy) is 1. The zero-order chi connectivity index (χ0) is 25.6. The summed E-state index contributed by atoms with van der Waals surface area (Å²) in [6, 6.07) is 10.9. The Hall–Kier alpha value is -2.80. The third kappa shape index (κ3) is 10.1. The molecule has 2 aromatic rings. The minimum Gasteiger partial charge on any atom is -0.479 e. The number of carboxylic acid groups (broad SMARTS) is 1. The molecule has 1 atom stereocenters. The molecule has 0 fully saturated rings. The van der Waals surface area contributed by atoms with Crippen LogP contribution in [-0.2, 0) is 33.6 Å². The number of hydrogen-bond donors (Lipinski definition) is 1. The van der Waals surface area contributed by atoms with Crippen molar-refractivity contribution in [3.05, 3.63) is 70.8 Å². The number of benzene rings is 2. The first-order valence-electron chi connectivity index (χ1n) is 12.5. The van der Waals surface area contributed by atoms with Crippen LogP contribution in [0.1, 0.15) is 62.6 Å². The maximum Gasteiger partial charge on any atom is 0.333 e. The van der Waals surface area contributed by atoms with Crippen LogP contribution in [0.3, 0.4) is 0 Å². The maximum absolute atomic E-state index is 14.1. The molecule has 1 amide bonds. The highest BCUT2D eigenvalue weighted by molar-refractivity contribution is 5.78. The maximum atomic E-state index is 14.1. The van der Waals surface area contributed by atoms with E-state index in [0.717, 1.165) is 49.3 Å². The van der Waals surface area contributed by atoms with E-state index in [1.807, 2.05) is 24.3 Å². The molecule has 0 aliphatic carbocycles. The highest BCUT2D eigenvalue weighted by Gasteiger charge is 2.19. The van der Waals surface area contributed by atoms with Crippen LogP contribution < -0.4 is 0 Å². The predicted molar refractivity (Wildman–Crippen MR) is 132 cm³/mol. The predicted octanol–water partition coefficient (Wildman–Crippen LogP) is 5.58. The van der Waals surface area contributed by atoms with E-state index in [4.69, 9.17) is 4.74 Å². The molecule has 7 heteroatoms. The molecule has 0 aromatic heterocycles. The molecule has 0 aliphatic heterocycles. The third-order valence-corrected chi connectivity index (χ3v) is 6.00. The van der Waals surface area contributed by atoms with Crippen molar-refractivity contribution < 1.29 is 28.2 Å². The molecule has 1 N–H and O–H groups in total. The number of carboxylic acids is 1. The molecule has 2 aromatic carbocycles. The first-order valence-corrected chi connectivity index (χ1v) is 12.5. The van der Waals surface area contributed by atoms with E-state index >= 15 is 0 Å². The molecule has 2 rings (SSSR count).